The maximum atomic E-state index is 12.3. The number of aromatic nitrogens is 1. The Morgan fingerprint density at radius 3 is 2.67 bits per heavy atom. The number of nitrogens with zero attached hydrogens (tertiary/aromatic N) is 2. The molecule has 2 aromatic carbocycles. The number of amides is 1. The largest absolute Gasteiger partial charge is 0.495 e. The minimum atomic E-state index is -1.02. The number of hydrogen-bond donors (Lipinski definition) is 3. The van der Waals surface area contributed by atoms with E-state index in [1.54, 1.807) is 42.6 Å². The Hall–Kier alpha value is -4.74. The number of hydrogen-bond acceptors (Lipinski definition) is 7. The van der Waals surface area contributed by atoms with Gasteiger partial charge in [-0.3, -0.25) is 9.78 Å². The molecule has 40 heavy (non-hydrogen) atoms. The van der Waals surface area contributed by atoms with Crippen molar-refractivity contribution in [2.24, 2.45) is 0 Å². The summed E-state index contributed by atoms with van der Waals surface area (Å²) in [5.41, 5.74) is 2.68. The molecule has 3 N–H and O–H groups in total. The molecule has 10 nitrogen and oxygen atoms in total. The van der Waals surface area contributed by atoms with E-state index in [4.69, 9.17) is 26.1 Å². The average molecular weight is 559 g/mol. The first-order valence-electron chi connectivity index (χ1n) is 12.3. The van der Waals surface area contributed by atoms with Crippen LogP contribution in [0.2, 0.25) is 0 Å². The Bertz CT molecular complexity index is 1560. The highest BCUT2D eigenvalue weighted by molar-refractivity contribution is 7.80. The normalized spacial score (nSPS) is 16.4. The Balaban J connectivity index is 1.58. The molecule has 1 aliphatic rings. The summed E-state index contributed by atoms with van der Waals surface area (Å²) in [5, 5.41) is 16.0. The third kappa shape index (κ3) is 5.37. The second-order valence-corrected chi connectivity index (χ2v) is 9.34. The van der Waals surface area contributed by atoms with Gasteiger partial charge in [-0.15, -0.1) is 0 Å². The highest BCUT2D eigenvalue weighted by atomic mass is 32.1. The van der Waals surface area contributed by atoms with Crippen LogP contribution in [0.3, 0.4) is 0 Å². The highest BCUT2D eigenvalue weighted by Gasteiger charge is 2.42. The number of pyridine rings is 1. The van der Waals surface area contributed by atoms with Crippen LogP contribution in [0.4, 0.5) is 11.4 Å². The number of nitrogens with one attached hydrogen (secondary N) is 2. The summed E-state index contributed by atoms with van der Waals surface area (Å²) >= 11 is 5.80. The van der Waals surface area contributed by atoms with Crippen molar-refractivity contribution in [3.63, 3.8) is 0 Å². The molecule has 4 aromatic rings. The van der Waals surface area contributed by atoms with Gasteiger partial charge in [0.2, 0.25) is 5.91 Å². The lowest BCUT2D eigenvalue weighted by Gasteiger charge is -2.27. The Kier molecular flexibility index (Phi) is 7.76. The van der Waals surface area contributed by atoms with Crippen LogP contribution in [0.5, 0.6) is 5.75 Å². The lowest BCUT2D eigenvalue weighted by Crippen LogP contribution is -2.29. The van der Waals surface area contributed by atoms with Crippen LogP contribution in [0.15, 0.2) is 83.4 Å². The second kappa shape index (κ2) is 11.6. The molecule has 204 valence electrons. The number of ether oxygens (including phenoxy) is 2. The molecule has 2 aromatic heterocycles. The molecular weight excluding hydrogens is 532 g/mol. The van der Waals surface area contributed by atoms with E-state index in [-0.39, 0.29) is 24.1 Å². The van der Waals surface area contributed by atoms with Gasteiger partial charge >= 0.3 is 5.97 Å². The number of carbonyl (C=O) groups excluding carboxylic acids is 1. The van der Waals surface area contributed by atoms with Crippen LogP contribution in [0.1, 0.15) is 33.9 Å². The van der Waals surface area contributed by atoms with Crippen molar-refractivity contribution in [2.75, 3.05) is 31.0 Å². The van der Waals surface area contributed by atoms with Gasteiger partial charge in [0.1, 0.15) is 29.9 Å². The van der Waals surface area contributed by atoms with Crippen LogP contribution in [0.25, 0.3) is 11.3 Å². The van der Waals surface area contributed by atoms with E-state index >= 15 is 0 Å². The second-order valence-electron chi connectivity index (χ2n) is 8.95. The summed E-state index contributed by atoms with van der Waals surface area (Å²) in [6, 6.07) is 20.4. The van der Waals surface area contributed by atoms with Crippen molar-refractivity contribution in [3.05, 3.63) is 96.0 Å². The van der Waals surface area contributed by atoms with Crippen LogP contribution in [0, 0.1) is 0 Å². The molecule has 11 heteroatoms. The third-order valence-electron chi connectivity index (χ3n) is 6.42. The molecule has 0 saturated carbocycles. The number of methoxy groups -OCH3 is 2. The number of thiocarbonyl (C=S) groups is 1. The van der Waals surface area contributed by atoms with Gasteiger partial charge in [0, 0.05) is 24.6 Å². The van der Waals surface area contributed by atoms with E-state index in [0.29, 0.717) is 39.3 Å². The first kappa shape index (κ1) is 26.9. The fourth-order valence-corrected chi connectivity index (χ4v) is 5.00. The molecule has 1 aliphatic heterocycles. The Morgan fingerprint density at radius 1 is 1.10 bits per heavy atom. The molecule has 5 rings (SSSR count). The number of carboxylic acid groups (broad SMARTS) is 1. The molecule has 2 atom stereocenters. The Morgan fingerprint density at radius 2 is 1.95 bits per heavy atom. The van der Waals surface area contributed by atoms with Gasteiger partial charge in [0.05, 0.1) is 30.1 Å². The number of carboxylic acids is 1. The molecule has 1 amide bonds. The highest BCUT2D eigenvalue weighted by Crippen LogP contribution is 2.44. The first-order valence-corrected chi connectivity index (χ1v) is 12.7. The van der Waals surface area contributed by atoms with E-state index in [0.717, 1.165) is 5.69 Å². The van der Waals surface area contributed by atoms with E-state index in [1.165, 1.54) is 20.3 Å². The predicted molar refractivity (Wildman–Crippen MR) is 153 cm³/mol. The zero-order chi connectivity index (χ0) is 28.2. The maximum Gasteiger partial charge on any atom is 0.335 e. The summed E-state index contributed by atoms with van der Waals surface area (Å²) in [5.74, 6) is 0.218. The van der Waals surface area contributed by atoms with E-state index < -0.39 is 12.0 Å². The summed E-state index contributed by atoms with van der Waals surface area (Å²) in [7, 11) is 2.96. The minimum absolute atomic E-state index is 0.111. The lowest BCUT2D eigenvalue weighted by molar-refractivity contribution is -0.119. The Labute approximate surface area is 235 Å². The average Bonchev–Trinajstić information content (AvgIpc) is 3.58. The fraction of sp³-hybridized carbons (Fsp3) is 0.172. The van der Waals surface area contributed by atoms with Gasteiger partial charge in [-0.1, -0.05) is 18.2 Å². The van der Waals surface area contributed by atoms with Crippen molar-refractivity contribution < 1.29 is 28.6 Å². The SMILES string of the molecule is COCC(=O)Nc1cc(N2C(=S)N[C@@H](c3ccccn3)[C@@H]2c2ccc(-c3cccc(C(=O)O)c3)o2)ccc1OC. The fourth-order valence-electron chi connectivity index (χ4n) is 4.66. The van der Waals surface area contributed by atoms with Crippen molar-refractivity contribution in [1.82, 2.24) is 10.3 Å². The zero-order valence-electron chi connectivity index (χ0n) is 21.7. The van der Waals surface area contributed by atoms with E-state index in [1.807, 2.05) is 35.2 Å². The number of rotatable bonds is 9. The summed E-state index contributed by atoms with van der Waals surface area (Å²) in [4.78, 5) is 30.3. The molecule has 0 aliphatic carbocycles. The number of aromatic carboxylic acids is 1. The zero-order valence-corrected chi connectivity index (χ0v) is 22.5. The smallest absolute Gasteiger partial charge is 0.335 e. The van der Waals surface area contributed by atoms with Crippen LogP contribution in [-0.2, 0) is 9.53 Å². The molecule has 0 radical (unpaired) electrons. The maximum absolute atomic E-state index is 12.3. The quantitative estimate of drug-likeness (QED) is 0.246. The van der Waals surface area contributed by atoms with Gasteiger partial charge in [-0.05, 0) is 66.8 Å². The monoisotopic (exact) mass is 558 g/mol. The van der Waals surface area contributed by atoms with Crippen molar-refractivity contribution in [3.8, 4) is 17.1 Å². The number of carbonyl (C=O) groups is 2. The first-order chi connectivity index (χ1) is 19.4. The van der Waals surface area contributed by atoms with Gasteiger partial charge < -0.3 is 34.5 Å². The van der Waals surface area contributed by atoms with E-state index in [9.17, 15) is 14.7 Å². The van der Waals surface area contributed by atoms with Crippen molar-refractivity contribution >= 4 is 40.6 Å². The molecule has 1 fully saturated rings. The van der Waals surface area contributed by atoms with Crippen molar-refractivity contribution in [1.29, 1.82) is 0 Å². The number of anilines is 2. The summed E-state index contributed by atoms with van der Waals surface area (Å²) < 4.78 is 16.7. The van der Waals surface area contributed by atoms with Gasteiger partial charge in [0.15, 0.2) is 5.11 Å². The molecule has 0 unspecified atom stereocenters. The van der Waals surface area contributed by atoms with Gasteiger partial charge in [0.25, 0.3) is 0 Å². The van der Waals surface area contributed by atoms with Crippen molar-refractivity contribution in [2.45, 2.75) is 12.1 Å². The third-order valence-corrected chi connectivity index (χ3v) is 6.74. The van der Waals surface area contributed by atoms with Crippen LogP contribution in [-0.4, -0.2) is 47.9 Å². The number of furan rings is 1. The summed E-state index contributed by atoms with van der Waals surface area (Å²) in [6.07, 6.45) is 1.71. The van der Waals surface area contributed by atoms with Gasteiger partial charge in [-0.2, -0.15) is 0 Å². The van der Waals surface area contributed by atoms with Gasteiger partial charge in [-0.25, -0.2) is 4.79 Å². The predicted octanol–water partition coefficient (Wildman–Crippen LogP) is 4.81. The summed E-state index contributed by atoms with van der Waals surface area (Å²) in [6.45, 7) is -0.111. The standard InChI is InChI=1S/C29H26N4O6S/c1-37-16-25(34)31-21-15-19(9-10-23(21)38-2)33-27(26(32-29(33)40)20-8-3-4-13-30-20)24-12-11-22(39-24)17-6-5-7-18(14-17)28(35)36/h3-15,26-27H,16H2,1-2H3,(H,31,34)(H,32,40)(H,35,36)/t26-,27-/m0/s1. The topological polar surface area (TPSA) is 126 Å². The molecule has 0 bridgehead atoms. The molecular formula is C29H26N4O6S. The van der Waals surface area contributed by atoms with Crippen LogP contribution >= 0.6 is 12.2 Å². The van der Waals surface area contributed by atoms with E-state index in [2.05, 4.69) is 15.6 Å². The molecule has 3 heterocycles. The minimum Gasteiger partial charge on any atom is -0.495 e. The lowest BCUT2D eigenvalue weighted by atomic mass is 10.0. The van der Waals surface area contributed by atoms with Crippen LogP contribution < -0.4 is 20.3 Å². The molecule has 1 saturated heterocycles. The molecule has 0 spiro atoms. The number of benzene rings is 2.